The Kier molecular flexibility index (Phi) is 3.35. The van der Waals surface area contributed by atoms with Gasteiger partial charge in [-0.25, -0.2) is 8.78 Å². The van der Waals surface area contributed by atoms with Crippen molar-refractivity contribution in [2.75, 3.05) is 7.11 Å². The molecule has 14 heavy (non-hydrogen) atoms. The highest BCUT2D eigenvalue weighted by molar-refractivity contribution is 7.80. The largest absolute Gasteiger partial charge is 0.497 e. The smallest absolute Gasteiger partial charge is 0.133 e. The van der Waals surface area contributed by atoms with Crippen LogP contribution in [0.15, 0.2) is 12.1 Å². The summed E-state index contributed by atoms with van der Waals surface area (Å²) < 4.78 is 31.1. The van der Waals surface area contributed by atoms with Crippen molar-refractivity contribution in [3.05, 3.63) is 29.3 Å². The summed E-state index contributed by atoms with van der Waals surface area (Å²) in [5.74, 6) is -1.27. The first kappa shape index (κ1) is 10.8. The summed E-state index contributed by atoms with van der Waals surface area (Å²) in [5, 5.41) is 0. The fraction of sp³-hybridized carbons (Fsp3) is 0.222. The number of halogens is 2. The van der Waals surface area contributed by atoms with E-state index in [1.54, 1.807) is 0 Å². The topological polar surface area (TPSA) is 35.2 Å². The average molecular weight is 217 g/mol. The molecule has 76 valence electrons. The molecule has 0 aliphatic carbocycles. The molecule has 2 nitrogen and oxygen atoms in total. The molecule has 0 fully saturated rings. The molecule has 0 radical (unpaired) electrons. The Morgan fingerprint density at radius 2 is 1.93 bits per heavy atom. The Morgan fingerprint density at radius 3 is 2.29 bits per heavy atom. The van der Waals surface area contributed by atoms with Gasteiger partial charge in [0.1, 0.15) is 17.4 Å². The summed E-state index contributed by atoms with van der Waals surface area (Å²) >= 11 is 4.57. The molecule has 0 atom stereocenters. The van der Waals surface area contributed by atoms with E-state index >= 15 is 0 Å². The van der Waals surface area contributed by atoms with Crippen LogP contribution in [-0.2, 0) is 6.42 Å². The minimum Gasteiger partial charge on any atom is -0.497 e. The maximum Gasteiger partial charge on any atom is 0.133 e. The molecule has 0 aliphatic rings. The fourth-order valence-electron chi connectivity index (χ4n) is 1.04. The van der Waals surface area contributed by atoms with Crippen LogP contribution in [0.25, 0.3) is 0 Å². The molecule has 1 aromatic rings. The molecule has 0 amide bonds. The molecule has 0 aliphatic heterocycles. The quantitative estimate of drug-likeness (QED) is 0.784. The average Bonchev–Trinajstić information content (AvgIpc) is 2.10. The monoisotopic (exact) mass is 217 g/mol. The first-order chi connectivity index (χ1) is 6.54. The lowest BCUT2D eigenvalue weighted by Gasteiger charge is -2.06. The number of benzene rings is 1. The number of hydrogen-bond acceptors (Lipinski definition) is 2. The van der Waals surface area contributed by atoms with Gasteiger partial charge in [-0.1, -0.05) is 12.2 Å². The molecule has 0 spiro atoms. The van der Waals surface area contributed by atoms with E-state index in [9.17, 15) is 8.78 Å². The highest BCUT2D eigenvalue weighted by Crippen LogP contribution is 2.20. The molecular weight excluding hydrogens is 208 g/mol. The molecule has 0 unspecified atom stereocenters. The minimum atomic E-state index is -0.699. The molecular formula is C9H9F2NOS. The number of hydrogen-bond donors (Lipinski definition) is 1. The van der Waals surface area contributed by atoms with Gasteiger partial charge in [0.25, 0.3) is 0 Å². The van der Waals surface area contributed by atoms with Gasteiger partial charge < -0.3 is 10.5 Å². The van der Waals surface area contributed by atoms with Crippen LogP contribution >= 0.6 is 12.2 Å². The Balaban J connectivity index is 3.11. The molecule has 0 aromatic heterocycles. The Labute approximate surface area is 85.7 Å². The van der Waals surface area contributed by atoms with Gasteiger partial charge in [-0.3, -0.25) is 0 Å². The van der Waals surface area contributed by atoms with E-state index < -0.39 is 11.6 Å². The molecule has 2 N–H and O–H groups in total. The fourth-order valence-corrected chi connectivity index (χ4v) is 1.19. The normalized spacial score (nSPS) is 9.93. The van der Waals surface area contributed by atoms with E-state index in [0.29, 0.717) is 0 Å². The summed E-state index contributed by atoms with van der Waals surface area (Å²) in [7, 11) is 1.33. The number of methoxy groups -OCH3 is 1. The maximum absolute atomic E-state index is 13.2. The van der Waals surface area contributed by atoms with E-state index in [1.807, 2.05) is 0 Å². The van der Waals surface area contributed by atoms with E-state index in [-0.39, 0.29) is 22.7 Å². The van der Waals surface area contributed by atoms with Crippen molar-refractivity contribution >= 4 is 17.2 Å². The van der Waals surface area contributed by atoms with Crippen LogP contribution < -0.4 is 10.5 Å². The standard InChI is InChI=1S/C9H9F2NOS/c1-13-5-2-7(10)6(4-9(12)14)8(11)3-5/h2-3H,4H2,1H3,(H2,12,14). The summed E-state index contributed by atoms with van der Waals surface area (Å²) in [4.78, 5) is 0.0490. The van der Waals surface area contributed by atoms with Crippen LogP contribution in [0.2, 0.25) is 0 Å². The molecule has 0 saturated heterocycles. The van der Waals surface area contributed by atoms with E-state index in [1.165, 1.54) is 7.11 Å². The van der Waals surface area contributed by atoms with Crippen LogP contribution in [0, 0.1) is 11.6 Å². The molecule has 5 heteroatoms. The van der Waals surface area contributed by atoms with Gasteiger partial charge in [0.15, 0.2) is 0 Å². The lowest BCUT2D eigenvalue weighted by Crippen LogP contribution is -2.13. The van der Waals surface area contributed by atoms with E-state index in [4.69, 9.17) is 10.5 Å². The van der Waals surface area contributed by atoms with Crippen molar-refractivity contribution in [2.24, 2.45) is 5.73 Å². The third-order valence-electron chi connectivity index (χ3n) is 1.70. The molecule has 0 heterocycles. The molecule has 0 bridgehead atoms. The SMILES string of the molecule is COc1cc(F)c(CC(N)=S)c(F)c1. The predicted molar refractivity (Wildman–Crippen MR) is 53.4 cm³/mol. The number of thiocarbonyl (C=S) groups is 1. The first-order valence-electron chi connectivity index (χ1n) is 3.84. The van der Waals surface area contributed by atoms with Gasteiger partial charge in [0.2, 0.25) is 0 Å². The second-order valence-corrected chi connectivity index (χ2v) is 3.24. The molecule has 0 saturated carbocycles. The Bertz CT molecular complexity index is 345. The second-order valence-electron chi connectivity index (χ2n) is 2.71. The third-order valence-corrected chi connectivity index (χ3v) is 1.85. The third kappa shape index (κ3) is 2.38. The first-order valence-corrected chi connectivity index (χ1v) is 4.25. The van der Waals surface area contributed by atoms with Crippen molar-refractivity contribution in [1.29, 1.82) is 0 Å². The molecule has 1 aromatic carbocycles. The van der Waals surface area contributed by atoms with Crippen LogP contribution in [0.5, 0.6) is 5.75 Å². The Morgan fingerprint density at radius 1 is 1.43 bits per heavy atom. The second kappa shape index (κ2) is 4.32. The van der Waals surface area contributed by atoms with Gasteiger partial charge in [-0.05, 0) is 0 Å². The predicted octanol–water partition coefficient (Wildman–Crippen LogP) is 1.80. The zero-order valence-electron chi connectivity index (χ0n) is 7.51. The lowest BCUT2D eigenvalue weighted by molar-refractivity contribution is 0.405. The number of nitrogens with two attached hydrogens (primary N) is 1. The summed E-state index contributed by atoms with van der Waals surface area (Å²) in [5.41, 5.74) is 5.07. The van der Waals surface area contributed by atoms with Crippen LogP contribution in [0.1, 0.15) is 5.56 Å². The highest BCUT2D eigenvalue weighted by atomic mass is 32.1. The van der Waals surface area contributed by atoms with Gasteiger partial charge in [-0.15, -0.1) is 0 Å². The number of ether oxygens (including phenoxy) is 1. The number of rotatable bonds is 3. The van der Waals surface area contributed by atoms with Crippen molar-refractivity contribution in [3.63, 3.8) is 0 Å². The van der Waals surface area contributed by atoms with Gasteiger partial charge in [0, 0.05) is 24.1 Å². The zero-order chi connectivity index (χ0) is 10.7. The van der Waals surface area contributed by atoms with Gasteiger partial charge in [-0.2, -0.15) is 0 Å². The van der Waals surface area contributed by atoms with Crippen molar-refractivity contribution in [3.8, 4) is 5.75 Å². The highest BCUT2D eigenvalue weighted by Gasteiger charge is 2.12. The minimum absolute atomic E-state index is 0.0490. The molecule has 1 rings (SSSR count). The van der Waals surface area contributed by atoms with Crippen molar-refractivity contribution in [1.82, 2.24) is 0 Å². The van der Waals surface area contributed by atoms with Crippen molar-refractivity contribution < 1.29 is 13.5 Å². The summed E-state index contributed by atoms with van der Waals surface area (Å²) in [6, 6.07) is 2.19. The summed E-state index contributed by atoms with van der Waals surface area (Å²) in [6.07, 6.45) is -0.0863. The van der Waals surface area contributed by atoms with Gasteiger partial charge in [0.05, 0.1) is 12.1 Å². The van der Waals surface area contributed by atoms with Crippen LogP contribution in [-0.4, -0.2) is 12.1 Å². The Hall–Kier alpha value is -1.23. The van der Waals surface area contributed by atoms with Crippen molar-refractivity contribution in [2.45, 2.75) is 6.42 Å². The van der Waals surface area contributed by atoms with E-state index in [2.05, 4.69) is 12.2 Å². The summed E-state index contributed by atoms with van der Waals surface area (Å²) in [6.45, 7) is 0. The lowest BCUT2D eigenvalue weighted by atomic mass is 10.1. The van der Waals surface area contributed by atoms with Crippen LogP contribution in [0.3, 0.4) is 0 Å². The van der Waals surface area contributed by atoms with E-state index in [0.717, 1.165) is 12.1 Å². The zero-order valence-corrected chi connectivity index (χ0v) is 8.33. The maximum atomic E-state index is 13.2. The van der Waals surface area contributed by atoms with Crippen LogP contribution in [0.4, 0.5) is 8.78 Å². The van der Waals surface area contributed by atoms with Gasteiger partial charge >= 0.3 is 0 Å².